The number of hydrogen-bond donors (Lipinski definition) is 1. The van der Waals surface area contributed by atoms with Gasteiger partial charge in [-0.25, -0.2) is 0 Å². The van der Waals surface area contributed by atoms with Crippen LogP contribution in [0.1, 0.15) is 11.3 Å². The molecule has 0 aliphatic carbocycles. The molecule has 0 saturated carbocycles. The minimum atomic E-state index is -0.289. The maximum Gasteiger partial charge on any atom is 0.262 e. The number of amides is 1. The van der Waals surface area contributed by atoms with E-state index in [1.165, 1.54) is 0 Å². The third-order valence-electron chi connectivity index (χ3n) is 2.55. The first-order valence-corrected chi connectivity index (χ1v) is 6.03. The number of nitrogens with one attached hydrogen (secondary N) is 1. The van der Waals surface area contributed by atoms with Crippen LogP contribution < -0.4 is 10.1 Å². The van der Waals surface area contributed by atoms with Crippen molar-refractivity contribution in [3.63, 3.8) is 0 Å². The average Bonchev–Trinajstić information content (AvgIpc) is 2.45. The average molecular weight is 267 g/mol. The summed E-state index contributed by atoms with van der Waals surface area (Å²) in [4.78, 5) is 15.8. The van der Waals surface area contributed by atoms with Crippen LogP contribution in [0, 0.1) is 18.3 Å². The molecule has 0 radical (unpaired) electrons. The predicted molar refractivity (Wildman–Crippen MR) is 74.3 cm³/mol. The molecular weight excluding hydrogens is 254 g/mol. The summed E-state index contributed by atoms with van der Waals surface area (Å²) in [5.41, 5.74) is 1.89. The number of pyridine rings is 1. The number of nitrogens with zero attached hydrogens (tertiary/aromatic N) is 2. The normalized spacial score (nSPS) is 9.60. The van der Waals surface area contributed by atoms with Gasteiger partial charge in [0.05, 0.1) is 5.56 Å². The summed E-state index contributed by atoms with van der Waals surface area (Å²) in [6.45, 7) is 1.69. The van der Waals surface area contributed by atoms with Crippen LogP contribution >= 0.6 is 0 Å². The number of aromatic nitrogens is 1. The first-order valence-electron chi connectivity index (χ1n) is 6.03. The topological polar surface area (TPSA) is 75.0 Å². The van der Waals surface area contributed by atoms with Crippen LogP contribution in [0.25, 0.3) is 0 Å². The fourth-order valence-corrected chi connectivity index (χ4v) is 1.65. The second kappa shape index (κ2) is 6.34. The number of aryl methyl sites for hydroxylation is 1. The molecule has 100 valence electrons. The smallest absolute Gasteiger partial charge is 0.262 e. The molecule has 0 atom stereocenters. The van der Waals surface area contributed by atoms with Crippen molar-refractivity contribution in [3.8, 4) is 11.8 Å². The van der Waals surface area contributed by atoms with Crippen molar-refractivity contribution < 1.29 is 9.53 Å². The molecule has 20 heavy (non-hydrogen) atoms. The van der Waals surface area contributed by atoms with E-state index in [0.717, 1.165) is 5.69 Å². The van der Waals surface area contributed by atoms with Gasteiger partial charge >= 0.3 is 0 Å². The maximum atomic E-state index is 11.8. The van der Waals surface area contributed by atoms with E-state index in [1.54, 1.807) is 42.6 Å². The van der Waals surface area contributed by atoms with E-state index in [9.17, 15) is 4.79 Å². The molecule has 1 aromatic carbocycles. The molecule has 0 saturated heterocycles. The Morgan fingerprint density at radius 3 is 2.95 bits per heavy atom. The fraction of sp³-hybridized carbons (Fsp3) is 0.133. The van der Waals surface area contributed by atoms with Crippen LogP contribution in [-0.4, -0.2) is 17.5 Å². The molecule has 0 spiro atoms. The van der Waals surface area contributed by atoms with Crippen molar-refractivity contribution in [2.45, 2.75) is 6.92 Å². The number of anilines is 1. The van der Waals surface area contributed by atoms with E-state index in [1.807, 2.05) is 13.0 Å². The summed E-state index contributed by atoms with van der Waals surface area (Å²) in [6, 6.07) is 12.3. The zero-order chi connectivity index (χ0) is 14.4. The molecule has 0 aliphatic heterocycles. The van der Waals surface area contributed by atoms with E-state index >= 15 is 0 Å². The van der Waals surface area contributed by atoms with Crippen LogP contribution in [0.2, 0.25) is 0 Å². The van der Waals surface area contributed by atoms with Crippen molar-refractivity contribution in [1.29, 1.82) is 5.26 Å². The Kier molecular flexibility index (Phi) is 4.30. The largest absolute Gasteiger partial charge is 0.482 e. The Balaban J connectivity index is 1.94. The number of carbonyl (C=O) groups excluding carboxylic acids is 1. The van der Waals surface area contributed by atoms with Crippen LogP contribution in [-0.2, 0) is 4.79 Å². The Bertz CT molecular complexity index is 662. The zero-order valence-corrected chi connectivity index (χ0v) is 11.0. The molecule has 0 unspecified atom stereocenters. The van der Waals surface area contributed by atoms with Crippen LogP contribution in [0.5, 0.6) is 5.75 Å². The lowest BCUT2D eigenvalue weighted by Gasteiger charge is -2.08. The lowest BCUT2D eigenvalue weighted by Crippen LogP contribution is -2.20. The van der Waals surface area contributed by atoms with E-state index in [4.69, 9.17) is 10.00 Å². The SMILES string of the molecule is Cc1cc(NC(=O)COc2ccccc2C#N)ccn1. The zero-order valence-electron chi connectivity index (χ0n) is 11.0. The van der Waals surface area contributed by atoms with Gasteiger partial charge in [0.25, 0.3) is 5.91 Å². The van der Waals surface area contributed by atoms with Crippen LogP contribution in [0.3, 0.4) is 0 Å². The molecule has 2 aromatic rings. The molecule has 0 bridgehead atoms. The number of hydrogen-bond acceptors (Lipinski definition) is 4. The van der Waals surface area contributed by atoms with Gasteiger partial charge in [-0.15, -0.1) is 0 Å². The molecule has 1 amide bonds. The highest BCUT2D eigenvalue weighted by atomic mass is 16.5. The Morgan fingerprint density at radius 2 is 2.20 bits per heavy atom. The van der Waals surface area contributed by atoms with Crippen LogP contribution in [0.15, 0.2) is 42.6 Å². The summed E-state index contributed by atoms with van der Waals surface area (Å²) >= 11 is 0. The lowest BCUT2D eigenvalue weighted by atomic mass is 10.2. The minimum Gasteiger partial charge on any atom is -0.482 e. The standard InChI is InChI=1S/C15H13N3O2/c1-11-8-13(6-7-17-11)18-15(19)10-20-14-5-3-2-4-12(14)9-16/h2-8H,10H2,1H3,(H,17,18,19). The molecule has 1 heterocycles. The fourth-order valence-electron chi connectivity index (χ4n) is 1.65. The Labute approximate surface area is 116 Å². The first kappa shape index (κ1) is 13.6. The van der Waals surface area contributed by atoms with Gasteiger partial charge in [0.2, 0.25) is 0 Å². The van der Waals surface area contributed by atoms with E-state index in [-0.39, 0.29) is 12.5 Å². The summed E-state index contributed by atoms with van der Waals surface area (Å²) in [7, 11) is 0. The molecule has 0 fully saturated rings. The molecule has 1 aromatic heterocycles. The van der Waals surface area contributed by atoms with E-state index < -0.39 is 0 Å². The Morgan fingerprint density at radius 1 is 1.40 bits per heavy atom. The number of benzene rings is 1. The highest BCUT2D eigenvalue weighted by Gasteiger charge is 2.06. The molecule has 1 N–H and O–H groups in total. The highest BCUT2D eigenvalue weighted by molar-refractivity contribution is 5.91. The predicted octanol–water partition coefficient (Wildman–Crippen LogP) is 2.28. The van der Waals surface area contributed by atoms with Crippen molar-refractivity contribution in [2.75, 3.05) is 11.9 Å². The Hall–Kier alpha value is -2.87. The molecular formula is C15H13N3O2. The third kappa shape index (κ3) is 3.56. The number of nitriles is 1. The van der Waals surface area contributed by atoms with Crippen LogP contribution in [0.4, 0.5) is 5.69 Å². The third-order valence-corrected chi connectivity index (χ3v) is 2.55. The monoisotopic (exact) mass is 267 g/mol. The number of para-hydroxylation sites is 1. The number of rotatable bonds is 4. The van der Waals surface area contributed by atoms with Crippen molar-refractivity contribution >= 4 is 11.6 Å². The number of ether oxygens (including phenoxy) is 1. The summed E-state index contributed by atoms with van der Waals surface area (Å²) in [6.07, 6.45) is 1.62. The van der Waals surface area contributed by atoms with Crippen molar-refractivity contribution in [1.82, 2.24) is 4.98 Å². The molecule has 0 aliphatic rings. The number of carbonyl (C=O) groups is 1. The quantitative estimate of drug-likeness (QED) is 0.922. The van der Waals surface area contributed by atoms with Gasteiger partial charge in [0, 0.05) is 17.6 Å². The van der Waals surface area contributed by atoms with Gasteiger partial charge in [-0.1, -0.05) is 12.1 Å². The molecule has 2 rings (SSSR count). The second-order valence-corrected chi connectivity index (χ2v) is 4.13. The minimum absolute atomic E-state index is 0.153. The van der Waals surface area contributed by atoms with Gasteiger partial charge < -0.3 is 10.1 Å². The van der Waals surface area contributed by atoms with Gasteiger partial charge in [0.1, 0.15) is 11.8 Å². The van der Waals surface area contributed by atoms with Gasteiger partial charge in [-0.3, -0.25) is 9.78 Å². The summed E-state index contributed by atoms with van der Waals surface area (Å²) in [5.74, 6) is 0.111. The lowest BCUT2D eigenvalue weighted by molar-refractivity contribution is -0.118. The maximum absolute atomic E-state index is 11.8. The van der Waals surface area contributed by atoms with E-state index in [2.05, 4.69) is 10.3 Å². The molecule has 5 nitrogen and oxygen atoms in total. The molecule has 5 heteroatoms. The summed E-state index contributed by atoms with van der Waals surface area (Å²) in [5, 5.41) is 11.6. The van der Waals surface area contributed by atoms with Gasteiger partial charge in [0.15, 0.2) is 6.61 Å². The highest BCUT2D eigenvalue weighted by Crippen LogP contribution is 2.16. The second-order valence-electron chi connectivity index (χ2n) is 4.13. The first-order chi connectivity index (χ1) is 9.69. The van der Waals surface area contributed by atoms with Crippen molar-refractivity contribution in [2.24, 2.45) is 0 Å². The van der Waals surface area contributed by atoms with E-state index in [0.29, 0.717) is 17.0 Å². The summed E-state index contributed by atoms with van der Waals surface area (Å²) < 4.78 is 5.34. The van der Waals surface area contributed by atoms with Gasteiger partial charge in [-0.05, 0) is 31.2 Å². The van der Waals surface area contributed by atoms with Gasteiger partial charge in [-0.2, -0.15) is 5.26 Å². The van der Waals surface area contributed by atoms with Crippen molar-refractivity contribution in [3.05, 3.63) is 53.9 Å².